The number of nitrogens with two attached hydrogens (primary N) is 1. The largest absolute Gasteiger partial charge is 0.342 e. The molecular formula is C18H23FN2. The van der Waals surface area contributed by atoms with Crippen molar-refractivity contribution < 1.29 is 4.39 Å². The number of aryl methyl sites for hydroxylation is 1. The van der Waals surface area contributed by atoms with Crippen LogP contribution >= 0.6 is 0 Å². The first-order valence-corrected chi connectivity index (χ1v) is 7.39. The Balaban J connectivity index is 2.30. The first-order chi connectivity index (χ1) is 10.0. The first-order valence-electron chi connectivity index (χ1n) is 7.39. The molecule has 0 spiro atoms. The van der Waals surface area contributed by atoms with E-state index in [4.69, 9.17) is 5.73 Å². The molecule has 0 aliphatic rings. The van der Waals surface area contributed by atoms with Crippen molar-refractivity contribution in [2.75, 3.05) is 11.4 Å². The minimum Gasteiger partial charge on any atom is -0.342 e. The van der Waals surface area contributed by atoms with E-state index in [-0.39, 0.29) is 11.9 Å². The fourth-order valence-electron chi connectivity index (χ4n) is 2.56. The molecule has 0 radical (unpaired) electrons. The fraction of sp³-hybridized carbons (Fsp3) is 0.333. The molecule has 0 fully saturated rings. The number of anilines is 2. The van der Waals surface area contributed by atoms with Gasteiger partial charge in [-0.1, -0.05) is 6.07 Å². The number of hydrogen-bond donors (Lipinski definition) is 1. The summed E-state index contributed by atoms with van der Waals surface area (Å²) in [4.78, 5) is 2.17. The maximum atomic E-state index is 13.1. The van der Waals surface area contributed by atoms with E-state index in [9.17, 15) is 4.39 Å². The lowest BCUT2D eigenvalue weighted by molar-refractivity contribution is 0.628. The zero-order valence-electron chi connectivity index (χ0n) is 12.9. The summed E-state index contributed by atoms with van der Waals surface area (Å²) in [5.74, 6) is -0.210. The van der Waals surface area contributed by atoms with Crippen molar-refractivity contribution in [3.05, 3.63) is 59.4 Å². The maximum Gasteiger partial charge on any atom is 0.123 e. The van der Waals surface area contributed by atoms with Gasteiger partial charge in [0.2, 0.25) is 0 Å². The average molecular weight is 286 g/mol. The van der Waals surface area contributed by atoms with Gasteiger partial charge < -0.3 is 10.6 Å². The fourth-order valence-corrected chi connectivity index (χ4v) is 2.56. The van der Waals surface area contributed by atoms with Crippen molar-refractivity contribution >= 4 is 11.4 Å². The van der Waals surface area contributed by atoms with Gasteiger partial charge in [0, 0.05) is 24.0 Å². The van der Waals surface area contributed by atoms with Crippen LogP contribution in [0.25, 0.3) is 0 Å². The molecule has 3 heteroatoms. The van der Waals surface area contributed by atoms with Gasteiger partial charge in [-0.05, 0) is 74.7 Å². The molecule has 21 heavy (non-hydrogen) atoms. The van der Waals surface area contributed by atoms with E-state index in [2.05, 4.69) is 36.9 Å². The molecule has 2 aromatic carbocycles. The summed E-state index contributed by atoms with van der Waals surface area (Å²) in [5, 5.41) is 0. The van der Waals surface area contributed by atoms with E-state index < -0.39 is 0 Å². The molecule has 1 unspecified atom stereocenters. The van der Waals surface area contributed by atoms with Crippen LogP contribution in [0.15, 0.2) is 42.5 Å². The number of rotatable bonds is 5. The maximum absolute atomic E-state index is 13.1. The van der Waals surface area contributed by atoms with Gasteiger partial charge in [0.1, 0.15) is 5.82 Å². The van der Waals surface area contributed by atoms with Crippen molar-refractivity contribution in [3.8, 4) is 0 Å². The highest BCUT2D eigenvalue weighted by Crippen LogP contribution is 2.27. The van der Waals surface area contributed by atoms with Crippen LogP contribution in [0.2, 0.25) is 0 Å². The lowest BCUT2D eigenvalue weighted by Crippen LogP contribution is -2.19. The molecule has 2 rings (SSSR count). The van der Waals surface area contributed by atoms with Crippen molar-refractivity contribution in [1.82, 2.24) is 0 Å². The average Bonchev–Trinajstić information content (AvgIpc) is 2.44. The van der Waals surface area contributed by atoms with Crippen LogP contribution in [-0.4, -0.2) is 12.6 Å². The smallest absolute Gasteiger partial charge is 0.123 e. The molecular weight excluding hydrogens is 263 g/mol. The minimum atomic E-state index is -0.210. The summed E-state index contributed by atoms with van der Waals surface area (Å²) < 4.78 is 13.1. The SMILES string of the molecule is CCN(c1ccc(F)cc1)c1ccc(CC(C)N)c(C)c1. The lowest BCUT2D eigenvalue weighted by atomic mass is 10.0. The van der Waals surface area contributed by atoms with Gasteiger partial charge in [-0.25, -0.2) is 4.39 Å². The summed E-state index contributed by atoms with van der Waals surface area (Å²) >= 11 is 0. The monoisotopic (exact) mass is 286 g/mol. The second-order valence-electron chi connectivity index (χ2n) is 5.51. The number of hydrogen-bond acceptors (Lipinski definition) is 2. The summed E-state index contributed by atoms with van der Waals surface area (Å²) in [6.07, 6.45) is 0.884. The van der Waals surface area contributed by atoms with Gasteiger partial charge >= 0.3 is 0 Å². The van der Waals surface area contributed by atoms with E-state index in [1.165, 1.54) is 23.3 Å². The molecule has 0 heterocycles. The highest BCUT2D eigenvalue weighted by atomic mass is 19.1. The van der Waals surface area contributed by atoms with Crippen LogP contribution in [0, 0.1) is 12.7 Å². The van der Waals surface area contributed by atoms with Gasteiger partial charge in [0.05, 0.1) is 0 Å². The van der Waals surface area contributed by atoms with E-state index in [1.54, 1.807) is 0 Å². The molecule has 0 aliphatic heterocycles. The second kappa shape index (κ2) is 6.72. The third kappa shape index (κ3) is 3.82. The van der Waals surface area contributed by atoms with Crippen molar-refractivity contribution in [2.24, 2.45) is 5.73 Å². The Labute approximate surface area is 126 Å². The third-order valence-corrected chi connectivity index (χ3v) is 3.63. The van der Waals surface area contributed by atoms with Gasteiger partial charge in [0.25, 0.3) is 0 Å². The predicted molar refractivity (Wildman–Crippen MR) is 87.6 cm³/mol. The molecule has 0 bridgehead atoms. The van der Waals surface area contributed by atoms with Crippen LogP contribution < -0.4 is 10.6 Å². The Kier molecular flexibility index (Phi) is 4.97. The number of nitrogens with zero attached hydrogens (tertiary/aromatic N) is 1. The molecule has 0 amide bonds. The Morgan fingerprint density at radius 1 is 1.10 bits per heavy atom. The zero-order valence-corrected chi connectivity index (χ0v) is 12.9. The summed E-state index contributed by atoms with van der Waals surface area (Å²) in [6, 6.07) is 13.2. The van der Waals surface area contributed by atoms with Crippen LogP contribution in [0.5, 0.6) is 0 Å². The Bertz CT molecular complexity index is 591. The standard InChI is InChI=1S/C18H23FN2/c1-4-21(17-9-6-16(19)7-10-17)18-8-5-15(12-14(3)20)13(2)11-18/h5-11,14H,4,12,20H2,1-3H3. The van der Waals surface area contributed by atoms with Crippen LogP contribution in [0.3, 0.4) is 0 Å². The Morgan fingerprint density at radius 3 is 2.24 bits per heavy atom. The molecule has 112 valence electrons. The Hall–Kier alpha value is -1.87. The molecule has 1 atom stereocenters. The minimum absolute atomic E-state index is 0.161. The number of halogens is 1. The van der Waals surface area contributed by atoms with Gasteiger partial charge in [-0.3, -0.25) is 0 Å². The Morgan fingerprint density at radius 2 is 1.71 bits per heavy atom. The van der Waals surface area contributed by atoms with Crippen LogP contribution in [-0.2, 0) is 6.42 Å². The molecule has 0 aliphatic carbocycles. The number of benzene rings is 2. The molecule has 0 saturated heterocycles. The first kappa shape index (κ1) is 15.5. The van der Waals surface area contributed by atoms with Crippen molar-refractivity contribution in [1.29, 1.82) is 0 Å². The summed E-state index contributed by atoms with van der Waals surface area (Å²) in [7, 11) is 0. The summed E-state index contributed by atoms with van der Waals surface area (Å²) in [6.45, 7) is 7.05. The molecule has 0 aromatic heterocycles. The molecule has 0 saturated carbocycles. The van der Waals surface area contributed by atoms with Gasteiger partial charge in [-0.2, -0.15) is 0 Å². The molecule has 2 nitrogen and oxygen atoms in total. The molecule has 2 N–H and O–H groups in total. The topological polar surface area (TPSA) is 29.3 Å². The van der Waals surface area contributed by atoms with Gasteiger partial charge in [-0.15, -0.1) is 0 Å². The van der Waals surface area contributed by atoms with Crippen LogP contribution in [0.4, 0.5) is 15.8 Å². The third-order valence-electron chi connectivity index (χ3n) is 3.63. The normalized spacial score (nSPS) is 12.2. The van der Waals surface area contributed by atoms with Crippen LogP contribution in [0.1, 0.15) is 25.0 Å². The highest BCUT2D eigenvalue weighted by molar-refractivity contribution is 5.64. The quantitative estimate of drug-likeness (QED) is 0.893. The van der Waals surface area contributed by atoms with Crippen molar-refractivity contribution in [2.45, 2.75) is 33.2 Å². The van der Waals surface area contributed by atoms with Crippen molar-refractivity contribution in [3.63, 3.8) is 0 Å². The lowest BCUT2D eigenvalue weighted by Gasteiger charge is -2.24. The second-order valence-corrected chi connectivity index (χ2v) is 5.51. The summed E-state index contributed by atoms with van der Waals surface area (Å²) in [5.41, 5.74) is 10.5. The molecule has 2 aromatic rings. The van der Waals surface area contributed by atoms with E-state index in [1.807, 2.05) is 19.1 Å². The van der Waals surface area contributed by atoms with E-state index in [0.717, 1.165) is 24.3 Å². The zero-order chi connectivity index (χ0) is 15.4. The van der Waals surface area contributed by atoms with E-state index >= 15 is 0 Å². The predicted octanol–water partition coefficient (Wildman–Crippen LogP) is 4.18. The van der Waals surface area contributed by atoms with E-state index in [0.29, 0.717) is 0 Å². The highest BCUT2D eigenvalue weighted by Gasteiger charge is 2.10. The van der Waals surface area contributed by atoms with Gasteiger partial charge in [0.15, 0.2) is 0 Å².